The third kappa shape index (κ3) is 5.73. The Morgan fingerprint density at radius 3 is 2.39 bits per heavy atom. The fourth-order valence-corrected chi connectivity index (χ4v) is 3.99. The van der Waals surface area contributed by atoms with Crippen molar-refractivity contribution in [3.8, 4) is 0 Å². The largest absolute Gasteiger partial charge is 0.290 e. The number of unbranched alkanes of at least 4 members (excludes halogenated alkanes) is 2. The second-order valence-corrected chi connectivity index (χ2v) is 8.56. The van der Waals surface area contributed by atoms with Crippen LogP contribution in [0, 0.1) is 0 Å². The van der Waals surface area contributed by atoms with E-state index in [1.165, 1.54) is 16.4 Å². The zero-order valence-electron chi connectivity index (χ0n) is 17.6. The number of hydrazine groups is 1. The van der Waals surface area contributed by atoms with E-state index >= 15 is 0 Å². The number of aromatic nitrogens is 2. The van der Waals surface area contributed by atoms with Gasteiger partial charge in [0.25, 0.3) is 17.4 Å². The van der Waals surface area contributed by atoms with Gasteiger partial charge in [-0.1, -0.05) is 56.2 Å². The maximum absolute atomic E-state index is 12.8. The second-order valence-electron chi connectivity index (χ2n) is 7.15. The minimum atomic E-state index is -0.564. The quantitative estimate of drug-likeness (QED) is 0.319. The number of amides is 2. The van der Waals surface area contributed by atoms with Crippen molar-refractivity contribution in [2.24, 2.45) is 0 Å². The topological polar surface area (TPSA) is 93.1 Å². The maximum Gasteiger partial charge on any atom is 0.290 e. The van der Waals surface area contributed by atoms with Crippen molar-refractivity contribution in [3.63, 3.8) is 0 Å². The Morgan fingerprint density at radius 1 is 1.00 bits per heavy atom. The Labute approximate surface area is 185 Å². The van der Waals surface area contributed by atoms with E-state index in [4.69, 9.17) is 0 Å². The summed E-state index contributed by atoms with van der Waals surface area (Å²) in [6.45, 7) is 4.28. The molecule has 0 saturated carbocycles. The first-order chi connectivity index (χ1) is 15.0. The van der Waals surface area contributed by atoms with Crippen LogP contribution >= 0.6 is 11.8 Å². The standard InChI is InChI=1S/C23H26N4O3S/c1-3-4-10-15-27-23(30)19-14-9-8-13-18(19)20(26-27)22(29)25-24-21(28)16(2)31-17-11-6-5-7-12-17/h5-9,11-14,16H,3-4,10,15H2,1-2H3,(H,24,28)(H,25,29). The van der Waals surface area contributed by atoms with Gasteiger partial charge < -0.3 is 0 Å². The average Bonchev–Trinajstić information content (AvgIpc) is 2.79. The predicted molar refractivity (Wildman–Crippen MR) is 123 cm³/mol. The lowest BCUT2D eigenvalue weighted by Gasteiger charge is -2.14. The lowest BCUT2D eigenvalue weighted by Crippen LogP contribution is -2.45. The zero-order valence-corrected chi connectivity index (χ0v) is 18.4. The molecule has 0 fully saturated rings. The van der Waals surface area contributed by atoms with Crippen LogP contribution in [0.1, 0.15) is 43.6 Å². The van der Waals surface area contributed by atoms with Crippen LogP contribution in [0.15, 0.2) is 64.3 Å². The van der Waals surface area contributed by atoms with Gasteiger partial charge in [0.15, 0.2) is 5.69 Å². The lowest BCUT2D eigenvalue weighted by atomic mass is 10.1. The molecule has 7 nitrogen and oxygen atoms in total. The van der Waals surface area contributed by atoms with Crippen LogP contribution in [0.5, 0.6) is 0 Å². The van der Waals surface area contributed by atoms with Crippen molar-refractivity contribution in [1.82, 2.24) is 20.6 Å². The summed E-state index contributed by atoms with van der Waals surface area (Å²) < 4.78 is 1.34. The number of carbonyl (C=O) groups excluding carboxylic acids is 2. The molecular formula is C23H26N4O3S. The highest BCUT2D eigenvalue weighted by Crippen LogP contribution is 2.22. The fraction of sp³-hybridized carbons (Fsp3) is 0.304. The molecule has 1 aromatic heterocycles. The lowest BCUT2D eigenvalue weighted by molar-refractivity contribution is -0.121. The third-order valence-electron chi connectivity index (χ3n) is 4.78. The van der Waals surface area contributed by atoms with Crippen molar-refractivity contribution < 1.29 is 9.59 Å². The molecule has 8 heteroatoms. The monoisotopic (exact) mass is 438 g/mol. The average molecular weight is 439 g/mol. The number of aryl methyl sites for hydroxylation is 1. The molecule has 31 heavy (non-hydrogen) atoms. The van der Waals surface area contributed by atoms with Crippen LogP contribution < -0.4 is 16.4 Å². The molecule has 3 aromatic rings. The van der Waals surface area contributed by atoms with Crippen molar-refractivity contribution in [2.75, 3.05) is 0 Å². The van der Waals surface area contributed by atoms with E-state index in [0.717, 1.165) is 24.2 Å². The fourth-order valence-electron chi connectivity index (χ4n) is 3.10. The number of nitrogens with zero attached hydrogens (tertiary/aromatic N) is 2. The number of thioether (sulfide) groups is 1. The van der Waals surface area contributed by atoms with E-state index in [2.05, 4.69) is 22.9 Å². The molecule has 0 radical (unpaired) electrons. The van der Waals surface area contributed by atoms with E-state index in [1.807, 2.05) is 30.3 Å². The van der Waals surface area contributed by atoms with Crippen LogP contribution in [-0.2, 0) is 11.3 Å². The minimum Gasteiger partial charge on any atom is -0.272 e. The highest BCUT2D eigenvalue weighted by molar-refractivity contribution is 8.00. The summed E-state index contributed by atoms with van der Waals surface area (Å²) in [5.41, 5.74) is 4.79. The SMILES string of the molecule is CCCCCn1nc(C(=O)NNC(=O)C(C)Sc2ccccc2)c2ccccc2c1=O. The van der Waals surface area contributed by atoms with Crippen molar-refractivity contribution in [1.29, 1.82) is 0 Å². The normalized spacial score (nSPS) is 11.8. The zero-order chi connectivity index (χ0) is 22.2. The van der Waals surface area contributed by atoms with Crippen molar-refractivity contribution in [2.45, 2.75) is 49.8 Å². The Kier molecular flexibility index (Phi) is 7.83. The number of fused-ring (bicyclic) bond motifs is 1. The first-order valence-electron chi connectivity index (χ1n) is 10.3. The number of nitrogens with one attached hydrogen (secondary N) is 2. The molecule has 0 aliphatic carbocycles. The van der Waals surface area contributed by atoms with Crippen molar-refractivity contribution >= 4 is 34.3 Å². The van der Waals surface area contributed by atoms with Crippen LogP contribution in [0.4, 0.5) is 0 Å². The minimum absolute atomic E-state index is 0.107. The number of hydrogen-bond acceptors (Lipinski definition) is 5. The summed E-state index contributed by atoms with van der Waals surface area (Å²) in [7, 11) is 0. The molecule has 0 aliphatic rings. The molecular weight excluding hydrogens is 412 g/mol. The molecule has 1 unspecified atom stereocenters. The van der Waals surface area contributed by atoms with Crippen LogP contribution in [0.3, 0.4) is 0 Å². The third-order valence-corrected chi connectivity index (χ3v) is 5.89. The Hall–Kier alpha value is -3.13. The van der Waals surface area contributed by atoms with Crippen molar-refractivity contribution in [3.05, 3.63) is 70.6 Å². The summed E-state index contributed by atoms with van der Waals surface area (Å²) in [5, 5.41) is 4.78. The van der Waals surface area contributed by atoms with Gasteiger partial charge in [0.05, 0.1) is 10.6 Å². The summed E-state index contributed by atoms with van der Waals surface area (Å²) in [6.07, 6.45) is 2.78. The van der Waals surface area contributed by atoms with Gasteiger partial charge in [-0.05, 0) is 31.5 Å². The maximum atomic E-state index is 12.8. The molecule has 0 bridgehead atoms. The molecule has 2 N–H and O–H groups in total. The highest BCUT2D eigenvalue weighted by atomic mass is 32.2. The van der Waals surface area contributed by atoms with E-state index in [1.54, 1.807) is 31.2 Å². The van der Waals surface area contributed by atoms with Gasteiger partial charge in [0.2, 0.25) is 0 Å². The smallest absolute Gasteiger partial charge is 0.272 e. The summed E-state index contributed by atoms with van der Waals surface area (Å²) >= 11 is 1.39. The molecule has 2 aromatic carbocycles. The number of hydrogen-bond donors (Lipinski definition) is 2. The highest BCUT2D eigenvalue weighted by Gasteiger charge is 2.19. The molecule has 0 saturated heterocycles. The molecule has 1 heterocycles. The van der Waals surface area contributed by atoms with Crippen LogP contribution in [-0.4, -0.2) is 26.8 Å². The van der Waals surface area contributed by atoms with Crippen LogP contribution in [0.25, 0.3) is 10.8 Å². The summed E-state index contributed by atoms with van der Waals surface area (Å²) in [5.74, 6) is -0.895. The van der Waals surface area contributed by atoms with Gasteiger partial charge in [-0.2, -0.15) is 5.10 Å². The Balaban J connectivity index is 1.74. The molecule has 162 valence electrons. The van der Waals surface area contributed by atoms with Gasteiger partial charge in [-0.15, -0.1) is 11.8 Å². The van der Waals surface area contributed by atoms with E-state index in [0.29, 0.717) is 17.3 Å². The van der Waals surface area contributed by atoms with Gasteiger partial charge in [0, 0.05) is 16.8 Å². The molecule has 1 atom stereocenters. The van der Waals surface area contributed by atoms with Crippen LogP contribution in [0.2, 0.25) is 0 Å². The second kappa shape index (κ2) is 10.8. The number of rotatable bonds is 8. The van der Waals surface area contributed by atoms with E-state index < -0.39 is 11.2 Å². The molecule has 2 amide bonds. The number of benzene rings is 2. The van der Waals surface area contributed by atoms with Gasteiger partial charge in [0.1, 0.15) is 0 Å². The van der Waals surface area contributed by atoms with Gasteiger partial charge >= 0.3 is 0 Å². The Bertz CT molecular complexity index is 1110. The summed E-state index contributed by atoms with van der Waals surface area (Å²) in [6, 6.07) is 16.4. The van der Waals surface area contributed by atoms with Gasteiger partial charge in [-0.3, -0.25) is 25.2 Å². The van der Waals surface area contributed by atoms with E-state index in [-0.39, 0.29) is 17.2 Å². The predicted octanol–water partition coefficient (Wildman–Crippen LogP) is 3.53. The first kappa shape index (κ1) is 22.6. The molecule has 3 rings (SSSR count). The van der Waals surface area contributed by atoms with E-state index in [9.17, 15) is 14.4 Å². The summed E-state index contributed by atoms with van der Waals surface area (Å²) in [4.78, 5) is 38.9. The number of carbonyl (C=O) groups is 2. The Morgan fingerprint density at radius 2 is 1.68 bits per heavy atom. The molecule has 0 spiro atoms. The molecule has 0 aliphatic heterocycles. The first-order valence-corrected chi connectivity index (χ1v) is 11.2. The van der Waals surface area contributed by atoms with Gasteiger partial charge in [-0.25, -0.2) is 4.68 Å².